The average Bonchev–Trinajstić information content (AvgIpc) is 3.57. The molecule has 0 radical (unpaired) electrons. The highest BCUT2D eigenvalue weighted by Gasteiger charge is 2.32. The van der Waals surface area contributed by atoms with Gasteiger partial charge in [-0.2, -0.15) is 0 Å². The Labute approximate surface area is 172 Å². The number of halogens is 1. The maximum absolute atomic E-state index is 13.7. The Bertz CT molecular complexity index is 1090. The minimum atomic E-state index is -0.191. The number of fused-ring (bicyclic) bond motifs is 3. The molecule has 2 aromatic carbocycles. The number of rotatable bonds is 4. The van der Waals surface area contributed by atoms with E-state index in [0.29, 0.717) is 11.8 Å². The summed E-state index contributed by atoms with van der Waals surface area (Å²) in [5.41, 5.74) is 9.89. The molecule has 0 spiro atoms. The van der Waals surface area contributed by atoms with Gasteiger partial charge in [-0.15, -0.1) is 0 Å². The van der Waals surface area contributed by atoms with E-state index >= 15 is 0 Å². The van der Waals surface area contributed by atoms with Gasteiger partial charge in [0.15, 0.2) is 0 Å². The van der Waals surface area contributed by atoms with E-state index < -0.39 is 0 Å². The van der Waals surface area contributed by atoms with Crippen LogP contribution in [0.5, 0.6) is 0 Å². The lowest BCUT2D eigenvalue weighted by Crippen LogP contribution is -2.11. The molecule has 2 aliphatic rings. The normalized spacial score (nSPS) is 15.6. The zero-order valence-electron chi connectivity index (χ0n) is 17.1. The van der Waals surface area contributed by atoms with Crippen molar-refractivity contribution in [2.24, 2.45) is 5.92 Å². The SMILES string of the molecule is CC(C)/C=C/c1c(C2CC2)nc2c(c1-c1ccc(F)cc1)CCc1ccccc1-2. The Kier molecular flexibility index (Phi) is 4.58. The molecule has 2 aliphatic carbocycles. The molecule has 5 rings (SSSR count). The van der Waals surface area contributed by atoms with Gasteiger partial charge in [0.25, 0.3) is 0 Å². The van der Waals surface area contributed by atoms with Crippen LogP contribution in [0.1, 0.15) is 55.0 Å². The van der Waals surface area contributed by atoms with Crippen molar-refractivity contribution in [2.45, 2.75) is 45.4 Å². The van der Waals surface area contributed by atoms with Crippen LogP contribution in [-0.2, 0) is 12.8 Å². The summed E-state index contributed by atoms with van der Waals surface area (Å²) in [6.45, 7) is 4.40. The summed E-state index contributed by atoms with van der Waals surface area (Å²) in [7, 11) is 0. The molecule has 0 aliphatic heterocycles. The van der Waals surface area contributed by atoms with Gasteiger partial charge in [-0.3, -0.25) is 4.98 Å². The van der Waals surface area contributed by atoms with Crippen molar-refractivity contribution in [1.82, 2.24) is 4.98 Å². The third-order valence-electron chi connectivity index (χ3n) is 6.03. The Balaban J connectivity index is 1.82. The zero-order chi connectivity index (χ0) is 20.0. The van der Waals surface area contributed by atoms with Crippen molar-refractivity contribution in [1.29, 1.82) is 0 Å². The first kappa shape index (κ1) is 18.3. The second-order valence-electron chi connectivity index (χ2n) is 8.65. The Morgan fingerprint density at radius 1 is 1.00 bits per heavy atom. The molecule has 1 fully saturated rings. The van der Waals surface area contributed by atoms with E-state index in [4.69, 9.17) is 4.98 Å². The van der Waals surface area contributed by atoms with E-state index in [1.54, 1.807) is 12.1 Å². The van der Waals surface area contributed by atoms with Gasteiger partial charge >= 0.3 is 0 Å². The number of allylic oxidation sites excluding steroid dienone is 1. The molecule has 29 heavy (non-hydrogen) atoms. The third kappa shape index (κ3) is 3.42. The quantitative estimate of drug-likeness (QED) is 0.464. The Hall–Kier alpha value is -2.74. The molecule has 146 valence electrons. The van der Waals surface area contributed by atoms with E-state index in [1.165, 1.54) is 46.4 Å². The standard InChI is InChI=1S/C27H26FN/c1-17(2)7-15-23-25(19-10-13-21(28)14-11-19)24-16-12-18-5-3-4-6-22(18)27(24)29-26(23)20-8-9-20/h3-7,10-11,13-15,17,20H,8-9,12,16H2,1-2H3/b15-7+. The molecule has 3 aromatic rings. The summed E-state index contributed by atoms with van der Waals surface area (Å²) < 4.78 is 13.7. The molecule has 0 saturated heterocycles. The van der Waals surface area contributed by atoms with Gasteiger partial charge in [0.05, 0.1) is 11.4 Å². The zero-order valence-corrected chi connectivity index (χ0v) is 17.1. The van der Waals surface area contributed by atoms with Crippen LogP contribution in [0.3, 0.4) is 0 Å². The van der Waals surface area contributed by atoms with Crippen LogP contribution >= 0.6 is 0 Å². The molecule has 1 nitrogen and oxygen atoms in total. The number of benzene rings is 2. The second kappa shape index (κ2) is 7.26. The van der Waals surface area contributed by atoms with Crippen molar-refractivity contribution in [2.75, 3.05) is 0 Å². The molecule has 2 heteroatoms. The lowest BCUT2D eigenvalue weighted by molar-refractivity contribution is 0.628. The summed E-state index contributed by atoms with van der Waals surface area (Å²) in [5.74, 6) is 0.823. The third-order valence-corrected chi connectivity index (χ3v) is 6.03. The summed E-state index contributed by atoms with van der Waals surface area (Å²) in [6, 6.07) is 15.7. The summed E-state index contributed by atoms with van der Waals surface area (Å²) in [6.07, 6.45) is 8.94. The monoisotopic (exact) mass is 383 g/mol. The number of nitrogens with zero attached hydrogens (tertiary/aromatic N) is 1. The van der Waals surface area contributed by atoms with Crippen LogP contribution in [0, 0.1) is 11.7 Å². The molecular formula is C27H26FN. The number of hydrogen-bond acceptors (Lipinski definition) is 1. The molecule has 0 unspecified atom stereocenters. The van der Waals surface area contributed by atoms with Crippen LogP contribution in [0.15, 0.2) is 54.6 Å². The van der Waals surface area contributed by atoms with Crippen LogP contribution in [0.25, 0.3) is 28.5 Å². The summed E-state index contributed by atoms with van der Waals surface area (Å²) >= 11 is 0. The minimum Gasteiger partial charge on any atom is -0.252 e. The highest BCUT2D eigenvalue weighted by molar-refractivity contribution is 5.86. The van der Waals surface area contributed by atoms with Crippen molar-refractivity contribution in [3.63, 3.8) is 0 Å². The molecule has 0 N–H and O–H groups in total. The average molecular weight is 384 g/mol. The fourth-order valence-electron chi connectivity index (χ4n) is 4.42. The molecule has 1 saturated carbocycles. The molecule has 0 bridgehead atoms. The predicted molar refractivity (Wildman–Crippen MR) is 118 cm³/mol. The lowest BCUT2D eigenvalue weighted by atomic mass is 9.82. The first-order valence-corrected chi connectivity index (χ1v) is 10.7. The van der Waals surface area contributed by atoms with Gasteiger partial charge in [-0.05, 0) is 66.0 Å². The van der Waals surface area contributed by atoms with Crippen LogP contribution < -0.4 is 0 Å². The number of aromatic nitrogens is 1. The van der Waals surface area contributed by atoms with Crippen LogP contribution in [0.4, 0.5) is 4.39 Å². The fourth-order valence-corrected chi connectivity index (χ4v) is 4.42. The van der Waals surface area contributed by atoms with Gasteiger partial charge in [0.2, 0.25) is 0 Å². The van der Waals surface area contributed by atoms with E-state index in [2.05, 4.69) is 50.3 Å². The number of aryl methyl sites for hydroxylation is 1. The summed E-state index contributed by atoms with van der Waals surface area (Å²) in [5, 5.41) is 0. The molecular weight excluding hydrogens is 357 g/mol. The highest BCUT2D eigenvalue weighted by atomic mass is 19.1. The second-order valence-corrected chi connectivity index (χ2v) is 8.65. The highest BCUT2D eigenvalue weighted by Crippen LogP contribution is 2.47. The smallest absolute Gasteiger partial charge is 0.123 e. The van der Waals surface area contributed by atoms with E-state index in [9.17, 15) is 4.39 Å². The van der Waals surface area contributed by atoms with E-state index in [0.717, 1.165) is 24.1 Å². The Morgan fingerprint density at radius 2 is 1.76 bits per heavy atom. The molecule has 1 heterocycles. The van der Waals surface area contributed by atoms with Crippen molar-refractivity contribution >= 4 is 6.08 Å². The van der Waals surface area contributed by atoms with Gasteiger partial charge in [-0.1, -0.05) is 62.4 Å². The first-order valence-electron chi connectivity index (χ1n) is 10.7. The molecule has 0 amide bonds. The largest absolute Gasteiger partial charge is 0.252 e. The van der Waals surface area contributed by atoms with Gasteiger partial charge < -0.3 is 0 Å². The topological polar surface area (TPSA) is 12.9 Å². The lowest BCUT2D eigenvalue weighted by Gasteiger charge is -2.25. The van der Waals surface area contributed by atoms with E-state index in [-0.39, 0.29) is 5.82 Å². The first-order chi connectivity index (χ1) is 14.1. The van der Waals surface area contributed by atoms with Gasteiger partial charge in [0.1, 0.15) is 5.82 Å². The Morgan fingerprint density at radius 3 is 2.48 bits per heavy atom. The maximum atomic E-state index is 13.7. The van der Waals surface area contributed by atoms with Crippen LogP contribution in [-0.4, -0.2) is 4.98 Å². The molecule has 1 aromatic heterocycles. The predicted octanol–water partition coefficient (Wildman–Crippen LogP) is 7.20. The number of pyridine rings is 1. The summed E-state index contributed by atoms with van der Waals surface area (Å²) in [4.78, 5) is 5.27. The van der Waals surface area contributed by atoms with Crippen molar-refractivity contribution < 1.29 is 4.39 Å². The van der Waals surface area contributed by atoms with Crippen LogP contribution in [0.2, 0.25) is 0 Å². The van der Waals surface area contributed by atoms with E-state index in [1.807, 2.05) is 12.1 Å². The number of hydrogen-bond donors (Lipinski definition) is 0. The van der Waals surface area contributed by atoms with Gasteiger partial charge in [-0.25, -0.2) is 4.39 Å². The minimum absolute atomic E-state index is 0.191. The molecule has 0 atom stereocenters. The van der Waals surface area contributed by atoms with Gasteiger partial charge in [0, 0.05) is 17.0 Å². The maximum Gasteiger partial charge on any atom is 0.123 e. The van der Waals surface area contributed by atoms with Crippen molar-refractivity contribution in [3.8, 4) is 22.4 Å². The van der Waals surface area contributed by atoms with Crippen molar-refractivity contribution in [3.05, 3.63) is 82.8 Å². The fraction of sp³-hybridized carbons (Fsp3) is 0.296.